The topological polar surface area (TPSA) is 26.0 Å². The molecule has 0 bridgehead atoms. The van der Waals surface area contributed by atoms with Crippen molar-refractivity contribution in [2.45, 2.75) is 6.92 Å². The SMILES string of the molecule is Br.CC(N)=S. The summed E-state index contributed by atoms with van der Waals surface area (Å²) in [6.07, 6.45) is 0. The van der Waals surface area contributed by atoms with Crippen LogP contribution in [0.3, 0.4) is 0 Å². The minimum Gasteiger partial charge on any atom is -0.394 e. The van der Waals surface area contributed by atoms with Crippen LogP contribution in [-0.2, 0) is 0 Å². The Hall–Kier alpha value is 0.370. The van der Waals surface area contributed by atoms with Gasteiger partial charge < -0.3 is 5.73 Å². The fraction of sp³-hybridized carbons (Fsp3) is 0.500. The zero-order valence-electron chi connectivity index (χ0n) is 2.89. The van der Waals surface area contributed by atoms with Gasteiger partial charge in [-0.15, -0.1) is 17.0 Å². The van der Waals surface area contributed by atoms with E-state index >= 15 is 0 Å². The first-order valence-electron chi connectivity index (χ1n) is 0.993. The van der Waals surface area contributed by atoms with Crippen molar-refractivity contribution in [2.75, 3.05) is 0 Å². The fourth-order valence-electron chi connectivity index (χ4n) is 0. The van der Waals surface area contributed by atoms with Crippen LogP contribution < -0.4 is 5.73 Å². The fourth-order valence-corrected chi connectivity index (χ4v) is 0. The first kappa shape index (κ1) is 9.03. The van der Waals surface area contributed by atoms with E-state index < -0.39 is 0 Å². The third-order valence-electron chi connectivity index (χ3n) is 0. The number of hydrogen-bond acceptors (Lipinski definition) is 1. The van der Waals surface area contributed by atoms with Gasteiger partial charge in [-0.05, 0) is 6.92 Å². The summed E-state index contributed by atoms with van der Waals surface area (Å²) >= 11 is 4.31. The second-order valence-electron chi connectivity index (χ2n) is 0.611. The molecule has 0 saturated carbocycles. The molecule has 0 heterocycles. The molecule has 2 N–H and O–H groups in total. The van der Waals surface area contributed by atoms with Crippen LogP contribution >= 0.6 is 29.2 Å². The van der Waals surface area contributed by atoms with E-state index in [2.05, 4.69) is 12.2 Å². The van der Waals surface area contributed by atoms with Crippen molar-refractivity contribution in [3.05, 3.63) is 0 Å². The molecule has 0 aliphatic carbocycles. The average Bonchev–Trinajstić information content (AvgIpc) is 0.811. The molecular formula is C2H6BrNS. The highest BCUT2D eigenvalue weighted by molar-refractivity contribution is 8.93. The molecular weight excluding hydrogens is 150 g/mol. The molecule has 0 fully saturated rings. The second kappa shape index (κ2) is 4.37. The van der Waals surface area contributed by atoms with Crippen molar-refractivity contribution in [2.24, 2.45) is 5.73 Å². The van der Waals surface area contributed by atoms with Gasteiger partial charge in [-0.25, -0.2) is 0 Å². The number of hydrogen-bond donors (Lipinski definition) is 1. The molecule has 0 aliphatic heterocycles. The number of thiocarbonyl (C=S) groups is 1. The number of rotatable bonds is 0. The summed E-state index contributed by atoms with van der Waals surface area (Å²) in [7, 11) is 0. The Labute approximate surface area is 47.3 Å². The molecule has 0 amide bonds. The maximum Gasteiger partial charge on any atom is 0.0695 e. The Morgan fingerprint density at radius 1 is 1.80 bits per heavy atom. The van der Waals surface area contributed by atoms with Crippen molar-refractivity contribution in [1.82, 2.24) is 0 Å². The highest BCUT2D eigenvalue weighted by Crippen LogP contribution is 1.48. The Morgan fingerprint density at radius 2 is 1.80 bits per heavy atom. The summed E-state index contributed by atoms with van der Waals surface area (Å²) in [6.45, 7) is 1.68. The molecule has 0 aliphatic rings. The molecule has 1 nitrogen and oxygen atoms in total. The van der Waals surface area contributed by atoms with Crippen LogP contribution in [0.15, 0.2) is 0 Å². The lowest BCUT2D eigenvalue weighted by Gasteiger charge is -1.65. The molecule has 0 radical (unpaired) electrons. The molecule has 0 saturated heterocycles. The van der Waals surface area contributed by atoms with E-state index in [1.54, 1.807) is 6.92 Å². The lowest BCUT2D eigenvalue weighted by atomic mass is 10.8. The highest BCUT2D eigenvalue weighted by Gasteiger charge is 1.54. The van der Waals surface area contributed by atoms with Gasteiger partial charge in [-0.2, -0.15) is 0 Å². The Bertz CT molecular complexity index is 32.6. The normalized spacial score (nSPS) is 5.00. The van der Waals surface area contributed by atoms with Gasteiger partial charge in [0.15, 0.2) is 0 Å². The molecule has 0 unspecified atom stereocenters. The molecule has 0 aromatic rings. The van der Waals surface area contributed by atoms with E-state index in [-0.39, 0.29) is 17.0 Å². The van der Waals surface area contributed by atoms with Gasteiger partial charge in [0.25, 0.3) is 0 Å². The molecule has 3 heteroatoms. The van der Waals surface area contributed by atoms with Gasteiger partial charge in [0.1, 0.15) is 0 Å². The molecule has 0 aromatic heterocycles. The average molecular weight is 156 g/mol. The molecule has 0 spiro atoms. The number of nitrogens with two attached hydrogens (primary N) is 1. The van der Waals surface area contributed by atoms with Crippen molar-refractivity contribution >= 4 is 34.2 Å². The third-order valence-corrected chi connectivity index (χ3v) is 0. The summed E-state index contributed by atoms with van der Waals surface area (Å²) in [4.78, 5) is 0.500. The van der Waals surface area contributed by atoms with Crippen LogP contribution in [0.4, 0.5) is 0 Å². The summed E-state index contributed by atoms with van der Waals surface area (Å²) in [6, 6.07) is 0. The molecule has 32 valence electrons. The maximum absolute atomic E-state index is 4.84. The van der Waals surface area contributed by atoms with E-state index in [0.717, 1.165) is 0 Å². The van der Waals surface area contributed by atoms with Crippen LogP contribution in [0.5, 0.6) is 0 Å². The van der Waals surface area contributed by atoms with E-state index in [4.69, 9.17) is 5.73 Å². The molecule has 0 atom stereocenters. The second-order valence-corrected chi connectivity index (χ2v) is 1.25. The van der Waals surface area contributed by atoms with Crippen molar-refractivity contribution in [3.63, 3.8) is 0 Å². The maximum atomic E-state index is 4.84. The smallest absolute Gasteiger partial charge is 0.0695 e. The van der Waals surface area contributed by atoms with Gasteiger partial charge >= 0.3 is 0 Å². The van der Waals surface area contributed by atoms with Crippen LogP contribution in [0.25, 0.3) is 0 Å². The molecule has 0 aromatic carbocycles. The largest absolute Gasteiger partial charge is 0.394 e. The summed E-state index contributed by atoms with van der Waals surface area (Å²) in [5, 5.41) is 0. The van der Waals surface area contributed by atoms with Crippen LogP contribution in [-0.4, -0.2) is 4.99 Å². The predicted molar refractivity (Wildman–Crippen MR) is 32.8 cm³/mol. The molecule has 0 rings (SSSR count). The minimum atomic E-state index is 0. The lowest BCUT2D eigenvalue weighted by molar-refractivity contribution is 1.73. The van der Waals surface area contributed by atoms with Gasteiger partial charge in [-0.3, -0.25) is 0 Å². The predicted octanol–water partition coefficient (Wildman–Crippen LogP) is 0.870. The van der Waals surface area contributed by atoms with Gasteiger partial charge in [0.2, 0.25) is 0 Å². The van der Waals surface area contributed by atoms with E-state index in [9.17, 15) is 0 Å². The number of halogens is 1. The van der Waals surface area contributed by atoms with Gasteiger partial charge in [-0.1, -0.05) is 12.2 Å². The van der Waals surface area contributed by atoms with Crippen molar-refractivity contribution < 1.29 is 0 Å². The van der Waals surface area contributed by atoms with Crippen molar-refractivity contribution in [3.8, 4) is 0 Å². The Kier molecular flexibility index (Phi) is 7.89. The summed E-state index contributed by atoms with van der Waals surface area (Å²) in [5.74, 6) is 0. The minimum absolute atomic E-state index is 0. The van der Waals surface area contributed by atoms with E-state index in [1.807, 2.05) is 0 Å². The quantitative estimate of drug-likeness (QED) is 0.526. The standard InChI is InChI=1S/C2H5NS.BrH/c1-2(3)4;/h1H3,(H2,3,4);1H. The lowest BCUT2D eigenvalue weighted by Crippen LogP contribution is -1.98. The zero-order valence-corrected chi connectivity index (χ0v) is 5.42. The first-order valence-corrected chi connectivity index (χ1v) is 1.40. The Morgan fingerprint density at radius 3 is 1.80 bits per heavy atom. The van der Waals surface area contributed by atoms with Crippen LogP contribution in [0.1, 0.15) is 6.92 Å². The monoisotopic (exact) mass is 155 g/mol. The van der Waals surface area contributed by atoms with Crippen LogP contribution in [0, 0.1) is 0 Å². The molecule has 5 heavy (non-hydrogen) atoms. The van der Waals surface area contributed by atoms with Crippen LogP contribution in [0.2, 0.25) is 0 Å². The van der Waals surface area contributed by atoms with E-state index in [1.165, 1.54) is 0 Å². The first-order chi connectivity index (χ1) is 1.73. The van der Waals surface area contributed by atoms with Crippen molar-refractivity contribution in [1.29, 1.82) is 0 Å². The zero-order chi connectivity index (χ0) is 3.58. The van der Waals surface area contributed by atoms with Gasteiger partial charge in [0, 0.05) is 0 Å². The summed E-state index contributed by atoms with van der Waals surface area (Å²) < 4.78 is 0. The highest BCUT2D eigenvalue weighted by atomic mass is 79.9. The third kappa shape index (κ3) is 179. The van der Waals surface area contributed by atoms with Gasteiger partial charge in [0.05, 0.1) is 4.99 Å². The Balaban J connectivity index is 0. The van der Waals surface area contributed by atoms with E-state index in [0.29, 0.717) is 4.99 Å². The summed E-state index contributed by atoms with van der Waals surface area (Å²) in [5.41, 5.74) is 4.84.